The second-order valence-corrected chi connectivity index (χ2v) is 10.9. The van der Waals surface area contributed by atoms with Gasteiger partial charge >= 0.3 is 0 Å². The second kappa shape index (κ2) is 8.29. The number of benzene rings is 1. The largest absolute Gasteiger partial charge is 0.497 e. The Morgan fingerprint density at radius 2 is 2.03 bits per heavy atom. The first-order chi connectivity index (χ1) is 17.6. The lowest BCUT2D eigenvalue weighted by Gasteiger charge is -2.39. The van der Waals surface area contributed by atoms with Crippen LogP contribution in [0.5, 0.6) is 5.75 Å². The zero-order chi connectivity index (χ0) is 24.4. The molecule has 190 valence electrons. The van der Waals surface area contributed by atoms with E-state index in [9.17, 15) is 4.79 Å². The number of methoxy groups -OCH3 is 2. The van der Waals surface area contributed by atoms with Crippen molar-refractivity contribution in [2.75, 3.05) is 42.8 Å². The van der Waals surface area contributed by atoms with Gasteiger partial charge < -0.3 is 25.0 Å². The van der Waals surface area contributed by atoms with Gasteiger partial charge in [-0.15, -0.1) is 0 Å². The van der Waals surface area contributed by atoms with Crippen molar-refractivity contribution in [1.29, 1.82) is 0 Å². The fourth-order valence-corrected chi connectivity index (χ4v) is 7.05. The number of hydrogen-bond acceptors (Lipinski definition) is 9. The second-order valence-electron chi connectivity index (χ2n) is 10.9. The fourth-order valence-electron chi connectivity index (χ4n) is 7.05. The molecule has 1 amide bonds. The average Bonchev–Trinajstić information content (AvgIpc) is 3.42. The van der Waals surface area contributed by atoms with Gasteiger partial charge in [0, 0.05) is 43.9 Å². The standard InChI is InChI=1S/C26H33N7O3/c1-35-15-4-6-20-18(8-15)26(25(34)29-20)10-19(26)14-3-5-17-21(7-14)31-32-24(17)30-22-9-23(28-13-27-22)33-11-16(12-33)36-2/h4,6,8-9,13-14,16-17,19,21,24,31-32H,3,5,7,10-12H2,1-2H3,(H,29,34)(H,27,28,30)/t14?,17?,19-,21?,24?,26-/m0/s1. The van der Waals surface area contributed by atoms with Gasteiger partial charge in [0.2, 0.25) is 5.91 Å². The van der Waals surface area contributed by atoms with Gasteiger partial charge in [-0.3, -0.25) is 10.2 Å². The van der Waals surface area contributed by atoms with Crippen molar-refractivity contribution in [3.63, 3.8) is 0 Å². The van der Waals surface area contributed by atoms with E-state index in [4.69, 9.17) is 9.47 Å². The molecule has 7 rings (SSSR count). The SMILES string of the molecule is COc1ccc2c(c1)[C@]1(C[C@H]1C1CCC3C(C1)NNC3Nc1cc(N3CC(OC)C3)ncn1)C(=O)N2. The molecule has 10 heteroatoms. The van der Waals surface area contributed by atoms with E-state index in [1.165, 1.54) is 0 Å². The monoisotopic (exact) mass is 491 g/mol. The summed E-state index contributed by atoms with van der Waals surface area (Å²) < 4.78 is 10.8. The van der Waals surface area contributed by atoms with Crippen LogP contribution in [0.2, 0.25) is 0 Å². The van der Waals surface area contributed by atoms with Crippen LogP contribution < -0.4 is 31.1 Å². The van der Waals surface area contributed by atoms with E-state index >= 15 is 0 Å². The highest BCUT2D eigenvalue weighted by molar-refractivity contribution is 6.09. The third kappa shape index (κ3) is 3.38. The zero-order valence-corrected chi connectivity index (χ0v) is 20.7. The number of carbonyl (C=O) groups is 1. The molecule has 4 heterocycles. The third-order valence-corrected chi connectivity index (χ3v) is 9.20. The van der Waals surface area contributed by atoms with E-state index in [0.29, 0.717) is 23.8 Å². The predicted octanol–water partition coefficient (Wildman–Crippen LogP) is 1.86. The molecule has 10 nitrogen and oxygen atoms in total. The summed E-state index contributed by atoms with van der Waals surface area (Å²) in [7, 11) is 3.43. The number of carbonyl (C=O) groups excluding carboxylic acids is 1. The molecule has 2 aliphatic carbocycles. The van der Waals surface area contributed by atoms with Crippen molar-refractivity contribution in [1.82, 2.24) is 20.8 Å². The molecule has 2 saturated heterocycles. The van der Waals surface area contributed by atoms with Crippen molar-refractivity contribution in [2.24, 2.45) is 17.8 Å². The first kappa shape index (κ1) is 22.3. The molecular formula is C26H33N7O3. The maximum absolute atomic E-state index is 13.1. The number of anilines is 3. The van der Waals surface area contributed by atoms with Crippen molar-refractivity contribution in [3.05, 3.63) is 36.2 Å². The van der Waals surface area contributed by atoms with E-state index < -0.39 is 0 Å². The summed E-state index contributed by atoms with van der Waals surface area (Å²) in [5, 5.41) is 6.71. The van der Waals surface area contributed by atoms with Gasteiger partial charge in [-0.1, -0.05) is 0 Å². The number of hydrogen-bond donors (Lipinski definition) is 4. The lowest BCUT2D eigenvalue weighted by molar-refractivity contribution is -0.118. The van der Waals surface area contributed by atoms with Crippen LogP contribution in [0.15, 0.2) is 30.6 Å². The van der Waals surface area contributed by atoms with E-state index in [-0.39, 0.29) is 23.6 Å². The van der Waals surface area contributed by atoms with Crippen molar-refractivity contribution in [3.8, 4) is 5.75 Å². The molecule has 36 heavy (non-hydrogen) atoms. The van der Waals surface area contributed by atoms with E-state index in [1.807, 2.05) is 18.2 Å². The molecule has 4 fully saturated rings. The van der Waals surface area contributed by atoms with Crippen LogP contribution >= 0.6 is 0 Å². The first-order valence-corrected chi connectivity index (χ1v) is 13.0. The fraction of sp³-hybridized carbons (Fsp3) is 0.577. The van der Waals surface area contributed by atoms with Crippen molar-refractivity contribution in [2.45, 2.75) is 49.4 Å². The van der Waals surface area contributed by atoms with Gasteiger partial charge in [0.15, 0.2) is 0 Å². The van der Waals surface area contributed by atoms with E-state index in [0.717, 1.165) is 67.4 Å². The minimum atomic E-state index is -0.374. The summed E-state index contributed by atoms with van der Waals surface area (Å²) in [5.74, 6) is 4.10. The maximum Gasteiger partial charge on any atom is 0.235 e. The number of fused-ring (bicyclic) bond motifs is 3. The van der Waals surface area contributed by atoms with Gasteiger partial charge in [0.25, 0.3) is 0 Å². The summed E-state index contributed by atoms with van der Waals surface area (Å²) in [6.45, 7) is 1.72. The molecule has 0 bridgehead atoms. The Hall–Kier alpha value is -2.95. The molecule has 4 unspecified atom stereocenters. The lowest BCUT2D eigenvalue weighted by Crippen LogP contribution is -2.52. The van der Waals surface area contributed by atoms with Crippen LogP contribution in [0.3, 0.4) is 0 Å². The Balaban J connectivity index is 1.01. The summed E-state index contributed by atoms with van der Waals surface area (Å²) in [6, 6.07) is 8.34. The average molecular weight is 492 g/mol. The lowest BCUT2D eigenvalue weighted by atomic mass is 9.74. The van der Waals surface area contributed by atoms with Gasteiger partial charge in [0.05, 0.1) is 24.8 Å². The van der Waals surface area contributed by atoms with Gasteiger partial charge in [-0.25, -0.2) is 15.4 Å². The van der Waals surface area contributed by atoms with Crippen LogP contribution in [0.25, 0.3) is 0 Å². The number of nitrogens with one attached hydrogen (secondary N) is 4. The highest BCUT2D eigenvalue weighted by atomic mass is 16.5. The van der Waals surface area contributed by atoms with Crippen LogP contribution in [0, 0.1) is 17.8 Å². The first-order valence-electron chi connectivity index (χ1n) is 13.0. The number of hydrazine groups is 1. The molecule has 3 aliphatic heterocycles. The molecule has 4 N–H and O–H groups in total. The third-order valence-electron chi connectivity index (χ3n) is 9.20. The molecule has 1 aromatic heterocycles. The molecular weight excluding hydrogens is 458 g/mol. The van der Waals surface area contributed by atoms with E-state index in [2.05, 4.69) is 42.4 Å². The van der Waals surface area contributed by atoms with Crippen LogP contribution in [0.4, 0.5) is 17.3 Å². The highest BCUT2D eigenvalue weighted by Gasteiger charge is 2.67. The summed E-state index contributed by atoms with van der Waals surface area (Å²) >= 11 is 0. The van der Waals surface area contributed by atoms with E-state index in [1.54, 1.807) is 20.5 Å². The Morgan fingerprint density at radius 3 is 2.86 bits per heavy atom. The summed E-state index contributed by atoms with van der Waals surface area (Å²) in [4.78, 5) is 24.2. The maximum atomic E-state index is 13.1. The van der Waals surface area contributed by atoms with Gasteiger partial charge in [-0.05, 0) is 61.3 Å². The van der Waals surface area contributed by atoms with Gasteiger partial charge in [0.1, 0.15) is 23.7 Å². The topological polar surface area (TPSA) is 113 Å². The van der Waals surface area contributed by atoms with Crippen LogP contribution in [0.1, 0.15) is 31.2 Å². The number of aromatic nitrogens is 2. The predicted molar refractivity (Wildman–Crippen MR) is 135 cm³/mol. The molecule has 0 radical (unpaired) electrons. The number of nitrogens with zero attached hydrogens (tertiary/aromatic N) is 3. The Morgan fingerprint density at radius 1 is 1.14 bits per heavy atom. The number of amides is 1. The molecule has 5 aliphatic rings. The zero-order valence-electron chi connectivity index (χ0n) is 20.7. The quantitative estimate of drug-likeness (QED) is 0.481. The Labute approximate surface area is 210 Å². The summed E-state index contributed by atoms with van der Waals surface area (Å²) in [6.07, 6.45) is 6.24. The number of rotatable bonds is 6. The number of ether oxygens (including phenoxy) is 2. The highest BCUT2D eigenvalue weighted by Crippen LogP contribution is 2.65. The molecule has 1 aromatic carbocycles. The Bertz CT molecular complexity index is 1190. The Kier molecular flexibility index (Phi) is 5.13. The molecule has 2 aromatic rings. The summed E-state index contributed by atoms with van der Waals surface area (Å²) in [5.41, 5.74) is 8.70. The molecule has 6 atom stereocenters. The van der Waals surface area contributed by atoms with Crippen molar-refractivity contribution >= 4 is 23.2 Å². The molecule has 2 saturated carbocycles. The van der Waals surface area contributed by atoms with Crippen LogP contribution in [-0.4, -0.2) is 61.5 Å². The minimum absolute atomic E-state index is 0.106. The van der Waals surface area contributed by atoms with Crippen LogP contribution in [-0.2, 0) is 14.9 Å². The van der Waals surface area contributed by atoms with Gasteiger partial charge in [-0.2, -0.15) is 0 Å². The molecule has 1 spiro atoms. The minimum Gasteiger partial charge on any atom is -0.497 e. The normalized spacial score (nSPS) is 34.7. The van der Waals surface area contributed by atoms with Crippen molar-refractivity contribution < 1.29 is 14.3 Å². The smallest absolute Gasteiger partial charge is 0.235 e.